The number of nitrogens with zero attached hydrogens (tertiary/aromatic N) is 2. The van der Waals surface area contributed by atoms with E-state index in [9.17, 15) is 4.70 Å². The zero-order valence-corrected chi connectivity index (χ0v) is 8.69. The predicted molar refractivity (Wildman–Crippen MR) is 55.7 cm³/mol. The number of aromatic nitrogens is 2. The molecule has 0 saturated carbocycles. The Bertz CT molecular complexity index is 313. The molecule has 0 fully saturated rings. The van der Waals surface area contributed by atoms with Crippen molar-refractivity contribution in [1.82, 2.24) is 9.97 Å². The van der Waals surface area contributed by atoms with Crippen molar-refractivity contribution in [3.63, 3.8) is 0 Å². The molecule has 0 aliphatic heterocycles. The zero-order valence-electron chi connectivity index (χ0n) is 8.69. The SMILES string of the molecule is CC(C)(C)[C@H](/N=C/B=O)c1ncc[nH]1. The molecule has 0 spiro atoms. The first kappa shape index (κ1) is 10.8. The molecule has 5 heteroatoms. The van der Waals surface area contributed by atoms with E-state index in [2.05, 4.69) is 35.7 Å². The van der Waals surface area contributed by atoms with E-state index < -0.39 is 0 Å². The van der Waals surface area contributed by atoms with Gasteiger partial charge in [-0.05, 0) is 0 Å². The molecule has 0 amide bonds. The first-order valence-corrected chi connectivity index (χ1v) is 4.52. The van der Waals surface area contributed by atoms with Crippen LogP contribution in [0.3, 0.4) is 0 Å². The standard InChI is InChI=1S/C9H14BN3O/c1-9(2,3)7(13-6-10-14)8-11-4-5-12-8/h4-7H,1-3H3,(H,11,12)/b13-6+/t7-/m1/s1. The fraction of sp³-hybridized carbons (Fsp3) is 0.556. The fourth-order valence-corrected chi connectivity index (χ4v) is 1.25. The normalized spacial score (nSPS) is 14.2. The summed E-state index contributed by atoms with van der Waals surface area (Å²) in [5, 5.41) is 0. The molecule has 1 atom stereocenters. The van der Waals surface area contributed by atoms with Gasteiger partial charge in [0.15, 0.2) is 0 Å². The molecule has 0 aliphatic carbocycles. The molecule has 1 aromatic heterocycles. The van der Waals surface area contributed by atoms with Crippen molar-refractivity contribution in [3.8, 4) is 0 Å². The average Bonchev–Trinajstić information content (AvgIpc) is 2.55. The summed E-state index contributed by atoms with van der Waals surface area (Å²) in [6, 6.07) is -0.109. The van der Waals surface area contributed by atoms with E-state index in [1.807, 2.05) is 0 Å². The minimum absolute atomic E-state index is 0.0582. The van der Waals surface area contributed by atoms with Crippen LogP contribution in [0.1, 0.15) is 32.6 Å². The van der Waals surface area contributed by atoms with Crippen LogP contribution in [0, 0.1) is 5.41 Å². The van der Waals surface area contributed by atoms with E-state index in [4.69, 9.17) is 0 Å². The molecule has 0 aromatic carbocycles. The second kappa shape index (κ2) is 4.31. The van der Waals surface area contributed by atoms with Crippen molar-refractivity contribution in [3.05, 3.63) is 18.2 Å². The number of rotatable bonds is 3. The van der Waals surface area contributed by atoms with Crippen molar-refractivity contribution >= 4 is 13.3 Å². The third-order valence-electron chi connectivity index (χ3n) is 1.89. The van der Waals surface area contributed by atoms with Crippen LogP contribution < -0.4 is 0 Å². The molecule has 0 aliphatic rings. The van der Waals surface area contributed by atoms with Crippen molar-refractivity contribution < 1.29 is 4.70 Å². The van der Waals surface area contributed by atoms with Gasteiger partial charge in [-0.2, -0.15) is 0 Å². The van der Waals surface area contributed by atoms with Crippen LogP contribution in [-0.4, -0.2) is 23.2 Å². The summed E-state index contributed by atoms with van der Waals surface area (Å²) < 4.78 is 10.2. The topological polar surface area (TPSA) is 58.1 Å². The molecule has 14 heavy (non-hydrogen) atoms. The Kier molecular flexibility index (Phi) is 3.33. The van der Waals surface area contributed by atoms with Crippen LogP contribution in [-0.2, 0) is 4.70 Å². The average molecular weight is 191 g/mol. The third kappa shape index (κ3) is 2.62. The summed E-state index contributed by atoms with van der Waals surface area (Å²) in [6.45, 7) is 6.17. The third-order valence-corrected chi connectivity index (χ3v) is 1.89. The van der Waals surface area contributed by atoms with Gasteiger partial charge in [-0.1, -0.05) is 0 Å². The van der Waals surface area contributed by atoms with E-state index in [-0.39, 0.29) is 11.5 Å². The summed E-state index contributed by atoms with van der Waals surface area (Å²) >= 11 is 0. The van der Waals surface area contributed by atoms with E-state index in [0.29, 0.717) is 7.15 Å². The van der Waals surface area contributed by atoms with Gasteiger partial charge in [0, 0.05) is 0 Å². The van der Waals surface area contributed by atoms with Gasteiger partial charge in [-0.3, -0.25) is 0 Å². The van der Waals surface area contributed by atoms with Gasteiger partial charge in [0.25, 0.3) is 0 Å². The van der Waals surface area contributed by atoms with Gasteiger partial charge >= 0.3 is 83.4 Å². The van der Waals surface area contributed by atoms with Crippen molar-refractivity contribution in [2.75, 3.05) is 0 Å². The van der Waals surface area contributed by atoms with Crippen LogP contribution in [0.15, 0.2) is 17.4 Å². The summed E-state index contributed by atoms with van der Waals surface area (Å²) in [5.41, 5.74) is -0.0582. The molecule has 4 nitrogen and oxygen atoms in total. The Balaban J connectivity index is 2.94. The van der Waals surface area contributed by atoms with Crippen molar-refractivity contribution in [2.45, 2.75) is 26.8 Å². The van der Waals surface area contributed by atoms with Gasteiger partial charge in [0.2, 0.25) is 0 Å². The fourth-order valence-electron chi connectivity index (χ4n) is 1.25. The first-order valence-electron chi connectivity index (χ1n) is 4.52. The van der Waals surface area contributed by atoms with Gasteiger partial charge < -0.3 is 0 Å². The summed E-state index contributed by atoms with van der Waals surface area (Å²) in [4.78, 5) is 11.3. The molecule has 0 bridgehead atoms. The maximum atomic E-state index is 10.2. The molecule has 0 saturated heterocycles. The van der Waals surface area contributed by atoms with Gasteiger partial charge in [0.05, 0.1) is 0 Å². The second-order valence-electron chi connectivity index (χ2n) is 4.18. The van der Waals surface area contributed by atoms with Gasteiger partial charge in [0.1, 0.15) is 0 Å². The van der Waals surface area contributed by atoms with Crippen LogP contribution in [0.4, 0.5) is 0 Å². The summed E-state index contributed by atoms with van der Waals surface area (Å²) in [6.07, 6.45) is 4.72. The van der Waals surface area contributed by atoms with Crippen LogP contribution in [0.5, 0.6) is 0 Å². The molecule has 1 rings (SSSR count). The molecular weight excluding hydrogens is 177 g/mol. The molecule has 74 valence electrons. The Morgan fingerprint density at radius 2 is 2.36 bits per heavy atom. The van der Waals surface area contributed by atoms with Crippen molar-refractivity contribution in [2.24, 2.45) is 10.4 Å². The molecule has 0 unspecified atom stereocenters. The number of H-pyrrole nitrogens is 1. The summed E-state index contributed by atoms with van der Waals surface area (Å²) in [7, 11) is 0.682. The molecule has 1 aromatic rings. The van der Waals surface area contributed by atoms with Crippen LogP contribution >= 0.6 is 0 Å². The molecular formula is C9H14BN3O. The quantitative estimate of drug-likeness (QED) is 0.582. The van der Waals surface area contributed by atoms with E-state index >= 15 is 0 Å². The number of aliphatic imine (C=N–C) groups is 1. The van der Waals surface area contributed by atoms with E-state index in [1.165, 1.54) is 6.11 Å². The Labute approximate surface area is 84.1 Å². The van der Waals surface area contributed by atoms with Gasteiger partial charge in [-0.15, -0.1) is 0 Å². The number of aromatic amines is 1. The number of nitrogens with one attached hydrogen (secondary N) is 1. The predicted octanol–water partition coefficient (Wildman–Crippen LogP) is 1.57. The monoisotopic (exact) mass is 191 g/mol. The van der Waals surface area contributed by atoms with Crippen molar-refractivity contribution in [1.29, 1.82) is 0 Å². The summed E-state index contributed by atoms with van der Waals surface area (Å²) in [5.74, 6) is 0.788. The second-order valence-corrected chi connectivity index (χ2v) is 4.18. The molecule has 1 N–H and O–H groups in total. The maximum absolute atomic E-state index is 10.2. The van der Waals surface area contributed by atoms with Crippen LogP contribution in [0.2, 0.25) is 0 Å². The van der Waals surface area contributed by atoms with E-state index in [1.54, 1.807) is 12.4 Å². The number of imidazole rings is 1. The zero-order chi connectivity index (χ0) is 10.6. The Morgan fingerprint density at radius 3 is 2.79 bits per heavy atom. The minimum atomic E-state index is -0.109. The molecule has 1 heterocycles. The Morgan fingerprint density at radius 1 is 1.64 bits per heavy atom. The number of hydrogen-bond donors (Lipinski definition) is 1. The first-order chi connectivity index (χ1) is 6.55. The molecule has 0 radical (unpaired) electrons. The number of hydrogen-bond acceptors (Lipinski definition) is 3. The van der Waals surface area contributed by atoms with Crippen LogP contribution in [0.25, 0.3) is 0 Å². The van der Waals surface area contributed by atoms with Gasteiger partial charge in [-0.25, -0.2) is 0 Å². The Hall–Kier alpha value is -1.26. The van der Waals surface area contributed by atoms with E-state index in [0.717, 1.165) is 5.82 Å².